The standard InChI is InChI=1S/C25H33N7O2/c1-18-7-6-10-21(19(18)2)29-13-15-30(16-14-29)22-11-12-31-24(27-22)28-32(25(31)34)17-23(33)26-20-8-4-3-5-9-20/h6-7,10-12,20H,3-5,8-9,13-17H2,1-2H3,(H,26,33). The van der Waals surface area contributed by atoms with Gasteiger partial charge in [-0.15, -0.1) is 5.10 Å². The van der Waals surface area contributed by atoms with E-state index >= 15 is 0 Å². The van der Waals surface area contributed by atoms with Gasteiger partial charge in [-0.1, -0.05) is 31.4 Å². The number of aromatic nitrogens is 4. The van der Waals surface area contributed by atoms with E-state index in [-0.39, 0.29) is 24.2 Å². The number of nitrogens with zero attached hydrogens (tertiary/aromatic N) is 6. The van der Waals surface area contributed by atoms with Gasteiger partial charge in [-0.2, -0.15) is 4.98 Å². The number of anilines is 2. The summed E-state index contributed by atoms with van der Waals surface area (Å²) in [5.41, 5.74) is 3.58. The zero-order valence-electron chi connectivity index (χ0n) is 20.0. The van der Waals surface area contributed by atoms with Crippen LogP contribution in [-0.4, -0.2) is 57.3 Å². The van der Waals surface area contributed by atoms with Crippen molar-refractivity contribution in [1.82, 2.24) is 24.5 Å². The van der Waals surface area contributed by atoms with Crippen LogP contribution in [0.25, 0.3) is 5.78 Å². The van der Waals surface area contributed by atoms with Crippen molar-refractivity contribution in [3.05, 3.63) is 52.1 Å². The minimum atomic E-state index is -0.340. The maximum Gasteiger partial charge on any atom is 0.352 e. The van der Waals surface area contributed by atoms with Crippen LogP contribution in [0.4, 0.5) is 11.5 Å². The molecule has 34 heavy (non-hydrogen) atoms. The molecule has 1 saturated heterocycles. The Balaban J connectivity index is 1.26. The number of carbonyl (C=O) groups is 1. The third-order valence-electron chi connectivity index (χ3n) is 7.22. The van der Waals surface area contributed by atoms with E-state index in [0.717, 1.165) is 57.7 Å². The summed E-state index contributed by atoms with van der Waals surface area (Å²) in [6.45, 7) is 7.73. The number of nitrogens with one attached hydrogen (secondary N) is 1. The lowest BCUT2D eigenvalue weighted by atomic mass is 9.95. The maximum atomic E-state index is 12.7. The molecule has 1 aromatic carbocycles. The third kappa shape index (κ3) is 4.51. The molecule has 1 aliphatic heterocycles. The van der Waals surface area contributed by atoms with Crippen molar-refractivity contribution < 1.29 is 4.79 Å². The molecule has 3 heterocycles. The van der Waals surface area contributed by atoms with Crippen molar-refractivity contribution in [2.24, 2.45) is 0 Å². The minimum Gasteiger partial charge on any atom is -0.368 e. The first kappa shape index (κ1) is 22.4. The highest BCUT2D eigenvalue weighted by molar-refractivity contribution is 5.76. The van der Waals surface area contributed by atoms with Crippen molar-refractivity contribution in [3.63, 3.8) is 0 Å². The smallest absolute Gasteiger partial charge is 0.352 e. The molecule has 0 bridgehead atoms. The van der Waals surface area contributed by atoms with E-state index in [2.05, 4.69) is 57.2 Å². The molecule has 2 aliphatic rings. The fraction of sp³-hybridized carbons (Fsp3) is 0.520. The largest absolute Gasteiger partial charge is 0.368 e. The monoisotopic (exact) mass is 463 g/mol. The van der Waals surface area contributed by atoms with Crippen LogP contribution < -0.4 is 20.8 Å². The number of hydrogen-bond acceptors (Lipinski definition) is 6. The molecule has 1 amide bonds. The fourth-order valence-electron chi connectivity index (χ4n) is 5.09. The summed E-state index contributed by atoms with van der Waals surface area (Å²) in [6.07, 6.45) is 7.24. The zero-order chi connectivity index (χ0) is 23.7. The molecule has 1 saturated carbocycles. The highest BCUT2D eigenvalue weighted by Crippen LogP contribution is 2.25. The quantitative estimate of drug-likeness (QED) is 0.625. The molecular weight excluding hydrogens is 430 g/mol. The first-order chi connectivity index (χ1) is 16.5. The number of carbonyl (C=O) groups excluding carboxylic acids is 1. The molecule has 9 nitrogen and oxygen atoms in total. The Bertz CT molecular complexity index is 1230. The van der Waals surface area contributed by atoms with Gasteiger partial charge in [0.25, 0.3) is 5.78 Å². The van der Waals surface area contributed by atoms with Gasteiger partial charge in [-0.25, -0.2) is 13.9 Å². The van der Waals surface area contributed by atoms with Crippen LogP contribution >= 0.6 is 0 Å². The summed E-state index contributed by atoms with van der Waals surface area (Å²) < 4.78 is 2.62. The number of fused-ring (bicyclic) bond motifs is 1. The lowest BCUT2D eigenvalue weighted by Crippen LogP contribution is -2.47. The molecule has 9 heteroatoms. The number of benzene rings is 1. The van der Waals surface area contributed by atoms with Gasteiger partial charge in [-0.3, -0.25) is 4.79 Å². The summed E-state index contributed by atoms with van der Waals surface area (Å²) in [4.78, 5) is 34.5. The molecule has 3 aromatic rings. The van der Waals surface area contributed by atoms with Crippen LogP contribution in [0.15, 0.2) is 35.3 Å². The van der Waals surface area contributed by atoms with Gasteiger partial charge in [0.2, 0.25) is 5.91 Å². The molecule has 0 radical (unpaired) electrons. The van der Waals surface area contributed by atoms with Crippen LogP contribution in [0, 0.1) is 13.8 Å². The Morgan fingerprint density at radius 2 is 1.76 bits per heavy atom. The predicted octanol–water partition coefficient (Wildman–Crippen LogP) is 2.28. The van der Waals surface area contributed by atoms with Crippen LogP contribution in [0.1, 0.15) is 43.2 Å². The number of amides is 1. The molecule has 5 rings (SSSR count). The molecule has 0 unspecified atom stereocenters. The second kappa shape index (κ2) is 9.48. The van der Waals surface area contributed by atoms with E-state index in [4.69, 9.17) is 0 Å². The summed E-state index contributed by atoms with van der Waals surface area (Å²) in [6, 6.07) is 8.51. The van der Waals surface area contributed by atoms with Gasteiger partial charge < -0.3 is 15.1 Å². The van der Waals surface area contributed by atoms with Gasteiger partial charge >= 0.3 is 5.69 Å². The first-order valence-corrected chi connectivity index (χ1v) is 12.3. The molecule has 0 atom stereocenters. The maximum absolute atomic E-state index is 12.7. The first-order valence-electron chi connectivity index (χ1n) is 12.3. The summed E-state index contributed by atoms with van der Waals surface area (Å²) in [5.74, 6) is 0.960. The fourth-order valence-corrected chi connectivity index (χ4v) is 5.09. The van der Waals surface area contributed by atoms with Crippen molar-refractivity contribution >= 4 is 23.2 Å². The van der Waals surface area contributed by atoms with E-state index in [9.17, 15) is 9.59 Å². The van der Waals surface area contributed by atoms with Gasteiger partial charge in [-0.05, 0) is 49.9 Å². The Morgan fingerprint density at radius 1 is 1.03 bits per heavy atom. The predicted molar refractivity (Wildman–Crippen MR) is 133 cm³/mol. The van der Waals surface area contributed by atoms with Crippen LogP contribution in [0.3, 0.4) is 0 Å². The average molecular weight is 464 g/mol. The van der Waals surface area contributed by atoms with E-state index in [0.29, 0.717) is 5.78 Å². The Kier molecular flexibility index (Phi) is 6.26. The molecule has 180 valence electrons. The molecule has 1 aliphatic carbocycles. The third-order valence-corrected chi connectivity index (χ3v) is 7.22. The molecule has 0 spiro atoms. The SMILES string of the molecule is Cc1cccc(N2CCN(c3ccn4c(=O)n(CC(=O)NC5CCCCC5)nc4n3)CC2)c1C. The van der Waals surface area contributed by atoms with E-state index in [1.54, 1.807) is 6.20 Å². The van der Waals surface area contributed by atoms with Gasteiger partial charge in [0, 0.05) is 44.1 Å². The summed E-state index contributed by atoms with van der Waals surface area (Å²) >= 11 is 0. The lowest BCUT2D eigenvalue weighted by molar-refractivity contribution is -0.122. The van der Waals surface area contributed by atoms with Crippen molar-refractivity contribution in [1.29, 1.82) is 0 Å². The topological polar surface area (TPSA) is 87.8 Å². The van der Waals surface area contributed by atoms with Crippen LogP contribution in [0.5, 0.6) is 0 Å². The van der Waals surface area contributed by atoms with E-state index < -0.39 is 0 Å². The van der Waals surface area contributed by atoms with Crippen molar-refractivity contribution in [2.75, 3.05) is 36.0 Å². The van der Waals surface area contributed by atoms with Crippen molar-refractivity contribution in [2.45, 2.75) is 58.5 Å². The van der Waals surface area contributed by atoms with Crippen LogP contribution in [0.2, 0.25) is 0 Å². The van der Waals surface area contributed by atoms with Gasteiger partial charge in [0.05, 0.1) is 0 Å². The normalized spacial score (nSPS) is 17.4. The lowest BCUT2D eigenvalue weighted by Gasteiger charge is -2.37. The van der Waals surface area contributed by atoms with Gasteiger partial charge in [0.15, 0.2) is 0 Å². The second-order valence-electron chi connectivity index (χ2n) is 9.49. The summed E-state index contributed by atoms with van der Waals surface area (Å²) in [5, 5.41) is 7.39. The average Bonchev–Trinajstić information content (AvgIpc) is 3.16. The highest BCUT2D eigenvalue weighted by Gasteiger charge is 2.22. The number of aryl methyl sites for hydroxylation is 1. The van der Waals surface area contributed by atoms with Crippen molar-refractivity contribution in [3.8, 4) is 0 Å². The molecule has 2 aromatic heterocycles. The number of piperazine rings is 1. The minimum absolute atomic E-state index is 0.0808. The van der Waals surface area contributed by atoms with Crippen LogP contribution in [-0.2, 0) is 11.3 Å². The molecule has 2 fully saturated rings. The second-order valence-corrected chi connectivity index (χ2v) is 9.49. The molecule has 1 N–H and O–H groups in total. The Hall–Kier alpha value is -3.36. The Morgan fingerprint density at radius 3 is 2.53 bits per heavy atom. The zero-order valence-corrected chi connectivity index (χ0v) is 20.0. The number of hydrogen-bond donors (Lipinski definition) is 1. The van der Waals surface area contributed by atoms with E-state index in [1.165, 1.54) is 32.3 Å². The van der Waals surface area contributed by atoms with Gasteiger partial charge in [0.1, 0.15) is 12.4 Å². The number of rotatable bonds is 5. The summed E-state index contributed by atoms with van der Waals surface area (Å²) in [7, 11) is 0. The molecular formula is C25H33N7O2. The highest BCUT2D eigenvalue weighted by atomic mass is 16.2. The van der Waals surface area contributed by atoms with E-state index in [1.807, 2.05) is 6.07 Å². The Labute approximate surface area is 199 Å².